The Morgan fingerprint density at radius 2 is 1.76 bits per heavy atom. The van der Waals surface area contributed by atoms with Gasteiger partial charge in [0, 0.05) is 22.2 Å². The normalized spacial score (nSPS) is 12.4. The fourth-order valence-electron chi connectivity index (χ4n) is 2.12. The highest BCUT2D eigenvalue weighted by molar-refractivity contribution is 6.30. The maximum atomic E-state index is 12.4. The fraction of sp³-hybridized carbons (Fsp3) is 0.235. The molecule has 1 atom stereocenters. The van der Waals surface area contributed by atoms with Gasteiger partial charge in [0.1, 0.15) is 0 Å². The molecule has 0 aliphatic heterocycles. The Labute approximate surface area is 135 Å². The average molecular weight is 322 g/mol. The number of carbonyl (C=O) groups is 1. The molecule has 0 heterocycles. The van der Waals surface area contributed by atoms with E-state index in [1.54, 1.807) is 24.3 Å². The van der Waals surface area contributed by atoms with Crippen LogP contribution in [0.1, 0.15) is 22.8 Å². The number of likely N-dealkylation sites (N-methyl/N-ethyl adjacent to an activating group) is 1. The maximum Gasteiger partial charge on any atom is 0.179 e. The minimum absolute atomic E-state index is 0.0798. The van der Waals surface area contributed by atoms with Crippen LogP contribution in [0.2, 0.25) is 10.0 Å². The van der Waals surface area contributed by atoms with E-state index in [1.165, 1.54) is 0 Å². The quantitative estimate of drug-likeness (QED) is 0.744. The van der Waals surface area contributed by atoms with E-state index < -0.39 is 0 Å². The van der Waals surface area contributed by atoms with Crippen molar-refractivity contribution in [2.24, 2.45) is 0 Å². The summed E-state index contributed by atoms with van der Waals surface area (Å²) in [5.41, 5.74) is 1.76. The SMILES string of the molecule is CC(C(=O)c1ccc(Cl)cc1)N(C)Cc1cccc(Cl)c1. The van der Waals surface area contributed by atoms with Gasteiger partial charge in [-0.3, -0.25) is 9.69 Å². The molecule has 0 aliphatic carbocycles. The minimum atomic E-state index is -0.217. The van der Waals surface area contributed by atoms with E-state index in [0.717, 1.165) is 5.56 Å². The molecule has 21 heavy (non-hydrogen) atoms. The summed E-state index contributed by atoms with van der Waals surface area (Å²) in [6, 6.07) is 14.4. The second kappa shape index (κ2) is 7.08. The summed E-state index contributed by atoms with van der Waals surface area (Å²) in [6.45, 7) is 2.57. The van der Waals surface area contributed by atoms with Gasteiger partial charge in [-0.1, -0.05) is 35.3 Å². The van der Waals surface area contributed by atoms with Crippen molar-refractivity contribution < 1.29 is 4.79 Å². The number of benzene rings is 2. The first-order valence-corrected chi connectivity index (χ1v) is 7.47. The van der Waals surface area contributed by atoms with Gasteiger partial charge in [0.2, 0.25) is 0 Å². The molecule has 2 rings (SSSR count). The predicted octanol–water partition coefficient (Wildman–Crippen LogP) is 4.70. The van der Waals surface area contributed by atoms with E-state index in [-0.39, 0.29) is 11.8 Å². The molecule has 2 aromatic carbocycles. The van der Waals surface area contributed by atoms with Crippen molar-refractivity contribution in [3.8, 4) is 0 Å². The molecule has 110 valence electrons. The summed E-state index contributed by atoms with van der Waals surface area (Å²) in [5.74, 6) is 0.0798. The third-order valence-electron chi connectivity index (χ3n) is 3.49. The molecule has 0 N–H and O–H groups in total. The van der Waals surface area contributed by atoms with Gasteiger partial charge in [0.15, 0.2) is 5.78 Å². The van der Waals surface area contributed by atoms with E-state index in [1.807, 2.05) is 43.1 Å². The van der Waals surface area contributed by atoms with Crippen LogP contribution in [-0.2, 0) is 6.54 Å². The van der Waals surface area contributed by atoms with Crippen molar-refractivity contribution in [3.05, 3.63) is 69.7 Å². The lowest BCUT2D eigenvalue weighted by Gasteiger charge is -2.23. The molecule has 0 aromatic heterocycles. The van der Waals surface area contributed by atoms with Crippen LogP contribution >= 0.6 is 23.2 Å². The lowest BCUT2D eigenvalue weighted by molar-refractivity contribution is 0.0862. The van der Waals surface area contributed by atoms with E-state index in [0.29, 0.717) is 22.2 Å². The van der Waals surface area contributed by atoms with Crippen molar-refractivity contribution in [2.45, 2.75) is 19.5 Å². The van der Waals surface area contributed by atoms with Crippen LogP contribution in [0, 0.1) is 0 Å². The lowest BCUT2D eigenvalue weighted by atomic mass is 10.0. The van der Waals surface area contributed by atoms with E-state index in [9.17, 15) is 4.79 Å². The van der Waals surface area contributed by atoms with Crippen molar-refractivity contribution >= 4 is 29.0 Å². The summed E-state index contributed by atoms with van der Waals surface area (Å²) in [7, 11) is 1.93. The number of hydrogen-bond donors (Lipinski definition) is 0. The van der Waals surface area contributed by atoms with Crippen LogP contribution in [0.25, 0.3) is 0 Å². The smallest absolute Gasteiger partial charge is 0.179 e. The lowest BCUT2D eigenvalue weighted by Crippen LogP contribution is -2.35. The van der Waals surface area contributed by atoms with Crippen LogP contribution in [0.4, 0.5) is 0 Å². The molecule has 0 saturated carbocycles. The number of Topliss-reactive ketones (excluding diaryl/α,β-unsaturated/α-hetero) is 1. The first-order chi connectivity index (χ1) is 9.97. The Morgan fingerprint density at radius 1 is 1.10 bits per heavy atom. The Morgan fingerprint density at radius 3 is 2.38 bits per heavy atom. The van der Waals surface area contributed by atoms with Gasteiger partial charge in [-0.15, -0.1) is 0 Å². The van der Waals surface area contributed by atoms with Crippen molar-refractivity contribution in [3.63, 3.8) is 0 Å². The monoisotopic (exact) mass is 321 g/mol. The first kappa shape index (κ1) is 16.0. The topological polar surface area (TPSA) is 20.3 Å². The zero-order chi connectivity index (χ0) is 15.4. The molecule has 0 amide bonds. The molecule has 0 aliphatic rings. The summed E-state index contributed by atoms with van der Waals surface area (Å²) < 4.78 is 0. The second-order valence-corrected chi connectivity index (χ2v) is 5.97. The number of carbonyl (C=O) groups excluding carboxylic acids is 1. The molecule has 0 bridgehead atoms. The van der Waals surface area contributed by atoms with Crippen LogP contribution in [0.15, 0.2) is 48.5 Å². The standard InChI is InChI=1S/C17H17Cl2NO/c1-12(17(21)14-6-8-15(18)9-7-14)20(2)11-13-4-3-5-16(19)10-13/h3-10,12H,11H2,1-2H3. The van der Waals surface area contributed by atoms with Crippen LogP contribution < -0.4 is 0 Å². The Hall–Kier alpha value is -1.35. The number of ketones is 1. The van der Waals surface area contributed by atoms with Gasteiger partial charge in [-0.25, -0.2) is 0 Å². The maximum absolute atomic E-state index is 12.4. The molecule has 0 saturated heterocycles. The molecular formula is C17H17Cl2NO. The van der Waals surface area contributed by atoms with Gasteiger partial charge in [-0.2, -0.15) is 0 Å². The van der Waals surface area contributed by atoms with Gasteiger partial charge < -0.3 is 0 Å². The molecule has 4 heteroatoms. The highest BCUT2D eigenvalue weighted by Gasteiger charge is 2.19. The molecule has 2 aromatic rings. The summed E-state index contributed by atoms with van der Waals surface area (Å²) in [4.78, 5) is 14.4. The van der Waals surface area contributed by atoms with Crippen molar-refractivity contribution in [1.82, 2.24) is 4.90 Å². The third-order valence-corrected chi connectivity index (χ3v) is 3.98. The molecule has 0 spiro atoms. The first-order valence-electron chi connectivity index (χ1n) is 6.72. The summed E-state index contributed by atoms with van der Waals surface area (Å²) in [5, 5.41) is 1.34. The highest BCUT2D eigenvalue weighted by Crippen LogP contribution is 2.16. The second-order valence-electron chi connectivity index (χ2n) is 5.09. The molecule has 0 radical (unpaired) electrons. The zero-order valence-electron chi connectivity index (χ0n) is 12.0. The van der Waals surface area contributed by atoms with Gasteiger partial charge in [0.25, 0.3) is 0 Å². The van der Waals surface area contributed by atoms with E-state index >= 15 is 0 Å². The number of halogens is 2. The van der Waals surface area contributed by atoms with E-state index in [4.69, 9.17) is 23.2 Å². The summed E-state index contributed by atoms with van der Waals surface area (Å²) in [6.07, 6.45) is 0. The van der Waals surface area contributed by atoms with Crippen molar-refractivity contribution in [2.75, 3.05) is 7.05 Å². The Bertz CT molecular complexity index is 625. The molecule has 2 nitrogen and oxygen atoms in total. The number of hydrogen-bond acceptors (Lipinski definition) is 2. The average Bonchev–Trinajstić information content (AvgIpc) is 2.46. The van der Waals surface area contributed by atoms with Gasteiger partial charge in [-0.05, 0) is 55.9 Å². The molecule has 0 fully saturated rings. The summed E-state index contributed by atoms with van der Waals surface area (Å²) >= 11 is 11.8. The molecule has 1 unspecified atom stereocenters. The number of nitrogens with zero attached hydrogens (tertiary/aromatic N) is 1. The van der Waals surface area contributed by atoms with Crippen LogP contribution in [0.5, 0.6) is 0 Å². The zero-order valence-corrected chi connectivity index (χ0v) is 13.5. The Kier molecular flexibility index (Phi) is 5.40. The van der Waals surface area contributed by atoms with Crippen LogP contribution in [-0.4, -0.2) is 23.8 Å². The highest BCUT2D eigenvalue weighted by atomic mass is 35.5. The van der Waals surface area contributed by atoms with Gasteiger partial charge >= 0.3 is 0 Å². The van der Waals surface area contributed by atoms with Crippen molar-refractivity contribution in [1.29, 1.82) is 0 Å². The number of rotatable bonds is 5. The van der Waals surface area contributed by atoms with Gasteiger partial charge in [0.05, 0.1) is 6.04 Å². The molecular weight excluding hydrogens is 305 g/mol. The predicted molar refractivity (Wildman–Crippen MR) is 88.2 cm³/mol. The minimum Gasteiger partial charge on any atom is -0.292 e. The van der Waals surface area contributed by atoms with Crippen LogP contribution in [0.3, 0.4) is 0 Å². The fourth-order valence-corrected chi connectivity index (χ4v) is 2.45. The van der Waals surface area contributed by atoms with E-state index in [2.05, 4.69) is 0 Å². The Balaban J connectivity index is 2.06. The third kappa shape index (κ3) is 4.31. The largest absolute Gasteiger partial charge is 0.292 e.